The van der Waals surface area contributed by atoms with E-state index in [-0.39, 0.29) is 47.9 Å². The lowest BCUT2D eigenvalue weighted by Gasteiger charge is -2.37. The number of nitrogens with zero attached hydrogens (tertiary/aromatic N) is 1. The van der Waals surface area contributed by atoms with E-state index < -0.39 is 0 Å². The van der Waals surface area contributed by atoms with E-state index in [4.69, 9.17) is 4.74 Å². The predicted molar refractivity (Wildman–Crippen MR) is 93.0 cm³/mol. The number of hydrogen-bond donors (Lipinski definition) is 1. The minimum atomic E-state index is -0.389. The first-order valence-electron chi connectivity index (χ1n) is 9.06. The molecule has 6 heteroatoms. The fraction of sp³-hybridized carbons (Fsp3) is 0.450. The fourth-order valence-electron chi connectivity index (χ4n) is 5.26. The maximum absolute atomic E-state index is 12.9. The van der Waals surface area contributed by atoms with Crippen LogP contribution in [0.5, 0.6) is 5.75 Å². The lowest BCUT2D eigenvalue weighted by atomic mass is 9.63. The third kappa shape index (κ3) is 2.08. The van der Waals surface area contributed by atoms with Crippen molar-refractivity contribution in [3.05, 3.63) is 36.4 Å². The molecule has 0 radical (unpaired) electrons. The smallest absolute Gasteiger partial charge is 0.244 e. The summed E-state index contributed by atoms with van der Waals surface area (Å²) in [6, 6.07) is 7.06. The second-order valence-electron chi connectivity index (χ2n) is 7.67. The number of nitrogens with one attached hydrogen (secondary N) is 1. The van der Waals surface area contributed by atoms with Crippen LogP contribution in [0.1, 0.15) is 6.42 Å². The highest BCUT2D eigenvalue weighted by Crippen LogP contribution is 2.65. The molecule has 1 N–H and O–H groups in total. The van der Waals surface area contributed by atoms with Gasteiger partial charge >= 0.3 is 0 Å². The van der Waals surface area contributed by atoms with Gasteiger partial charge in [-0.15, -0.1) is 0 Å². The molecule has 3 fully saturated rings. The number of hydrogen-bond acceptors (Lipinski definition) is 4. The highest BCUT2D eigenvalue weighted by Gasteiger charge is 2.67. The highest BCUT2D eigenvalue weighted by atomic mass is 16.5. The van der Waals surface area contributed by atoms with Crippen LogP contribution in [0.2, 0.25) is 0 Å². The van der Waals surface area contributed by atoms with Gasteiger partial charge in [0.05, 0.1) is 24.6 Å². The second-order valence-corrected chi connectivity index (χ2v) is 7.67. The third-order valence-electron chi connectivity index (χ3n) is 6.44. The second kappa shape index (κ2) is 5.43. The fourth-order valence-corrected chi connectivity index (χ4v) is 5.26. The van der Waals surface area contributed by atoms with Crippen molar-refractivity contribution in [1.82, 2.24) is 4.90 Å². The zero-order chi connectivity index (χ0) is 18.0. The summed E-state index contributed by atoms with van der Waals surface area (Å²) in [5, 5.41) is 2.74. The number of imide groups is 1. The van der Waals surface area contributed by atoms with Crippen molar-refractivity contribution in [3.8, 4) is 5.75 Å². The lowest BCUT2D eigenvalue weighted by molar-refractivity contribution is -0.142. The highest BCUT2D eigenvalue weighted by molar-refractivity contribution is 6.09. The van der Waals surface area contributed by atoms with E-state index in [0.29, 0.717) is 23.3 Å². The summed E-state index contributed by atoms with van der Waals surface area (Å²) in [5.74, 6) is 0.731. The van der Waals surface area contributed by atoms with Crippen LogP contribution in [0, 0.1) is 35.5 Å². The van der Waals surface area contributed by atoms with Crippen molar-refractivity contribution in [3.63, 3.8) is 0 Å². The van der Waals surface area contributed by atoms with Crippen molar-refractivity contribution in [2.24, 2.45) is 35.5 Å². The molecule has 1 aromatic rings. The van der Waals surface area contributed by atoms with Gasteiger partial charge in [0.1, 0.15) is 12.3 Å². The molecule has 1 aliphatic heterocycles. The molecule has 5 aliphatic rings. The number of rotatable bonds is 4. The monoisotopic (exact) mass is 352 g/mol. The molecule has 3 amide bonds. The zero-order valence-corrected chi connectivity index (χ0v) is 14.4. The van der Waals surface area contributed by atoms with Gasteiger partial charge in [0, 0.05) is 0 Å². The van der Waals surface area contributed by atoms with Crippen molar-refractivity contribution in [2.75, 3.05) is 19.0 Å². The van der Waals surface area contributed by atoms with Gasteiger partial charge in [-0.25, -0.2) is 0 Å². The molecular weight excluding hydrogens is 332 g/mol. The summed E-state index contributed by atoms with van der Waals surface area (Å²) in [7, 11) is 1.53. The Hall–Kier alpha value is -2.63. The SMILES string of the molecule is COc1ccccc1NC(=O)CN1C(=O)[C@H]2[C@@H]3C=C[C@H]([C@H]4C[C@H]34)[C@@H]2C1=O. The van der Waals surface area contributed by atoms with E-state index >= 15 is 0 Å². The molecule has 4 aliphatic carbocycles. The van der Waals surface area contributed by atoms with Gasteiger partial charge in [0.15, 0.2) is 0 Å². The van der Waals surface area contributed by atoms with Crippen molar-refractivity contribution in [1.29, 1.82) is 0 Å². The molecule has 0 aromatic heterocycles. The minimum absolute atomic E-state index is 0.175. The minimum Gasteiger partial charge on any atom is -0.495 e. The van der Waals surface area contributed by atoms with Gasteiger partial charge in [0.25, 0.3) is 0 Å². The largest absolute Gasteiger partial charge is 0.495 e. The van der Waals surface area contributed by atoms with Gasteiger partial charge in [0.2, 0.25) is 17.7 Å². The number of allylic oxidation sites excluding steroid dienone is 2. The number of ether oxygens (including phenoxy) is 1. The lowest BCUT2D eigenvalue weighted by Crippen LogP contribution is -2.40. The number of likely N-dealkylation sites (tertiary alicyclic amines) is 1. The van der Waals surface area contributed by atoms with Crippen molar-refractivity contribution in [2.45, 2.75) is 6.42 Å². The van der Waals surface area contributed by atoms with Crippen LogP contribution in [-0.4, -0.2) is 36.3 Å². The maximum Gasteiger partial charge on any atom is 0.244 e. The molecule has 6 rings (SSSR count). The molecular formula is C20H20N2O4. The van der Waals surface area contributed by atoms with Crippen LogP contribution in [0.15, 0.2) is 36.4 Å². The molecule has 2 saturated carbocycles. The Balaban J connectivity index is 1.33. The summed E-state index contributed by atoms with van der Waals surface area (Å²) >= 11 is 0. The van der Waals surface area contributed by atoms with Crippen LogP contribution in [0.4, 0.5) is 5.69 Å². The standard InChI is InChI=1S/C20H20N2O4/c1-26-15-5-3-2-4-14(15)21-16(23)9-22-19(24)17-10-6-7-11(13-8-12(10)13)18(17)20(22)25/h2-7,10-13,17-18H,8-9H2,1H3,(H,21,23)/t10-,11-,12-,13-,17+,18+/m1/s1. The van der Waals surface area contributed by atoms with Crippen LogP contribution in [0.25, 0.3) is 0 Å². The van der Waals surface area contributed by atoms with E-state index in [2.05, 4.69) is 17.5 Å². The van der Waals surface area contributed by atoms with E-state index in [1.54, 1.807) is 24.3 Å². The molecule has 1 saturated heterocycles. The average Bonchev–Trinajstić information content (AvgIpc) is 3.43. The molecule has 6 atom stereocenters. The van der Waals surface area contributed by atoms with E-state index in [0.717, 1.165) is 11.3 Å². The van der Waals surface area contributed by atoms with Crippen molar-refractivity contribution >= 4 is 23.4 Å². The predicted octanol–water partition coefficient (Wildman–Crippen LogP) is 1.69. The van der Waals surface area contributed by atoms with Gasteiger partial charge in [-0.2, -0.15) is 0 Å². The number of carbonyl (C=O) groups excluding carboxylic acids is 3. The Morgan fingerprint density at radius 1 is 1.12 bits per heavy atom. The summed E-state index contributed by atoms with van der Waals surface area (Å²) in [5.41, 5.74) is 0.527. The third-order valence-corrected chi connectivity index (χ3v) is 6.44. The molecule has 1 aromatic carbocycles. The number of benzene rings is 1. The molecule has 26 heavy (non-hydrogen) atoms. The normalized spacial score (nSPS) is 36.0. The van der Waals surface area contributed by atoms with Gasteiger partial charge in [-0.1, -0.05) is 24.3 Å². The average molecular weight is 352 g/mol. The van der Waals surface area contributed by atoms with E-state index in [1.807, 2.05) is 0 Å². The van der Waals surface area contributed by atoms with Crippen LogP contribution >= 0.6 is 0 Å². The first-order valence-corrected chi connectivity index (χ1v) is 9.06. The van der Waals surface area contributed by atoms with Crippen LogP contribution < -0.4 is 10.1 Å². The van der Waals surface area contributed by atoms with Crippen LogP contribution in [-0.2, 0) is 14.4 Å². The van der Waals surface area contributed by atoms with E-state index in [1.165, 1.54) is 7.11 Å². The van der Waals surface area contributed by atoms with Gasteiger partial charge < -0.3 is 10.1 Å². The molecule has 2 bridgehead atoms. The molecule has 134 valence electrons. The van der Waals surface area contributed by atoms with Crippen molar-refractivity contribution < 1.29 is 19.1 Å². The summed E-state index contributed by atoms with van der Waals surface area (Å²) in [6.07, 6.45) is 5.39. The maximum atomic E-state index is 12.9. The number of carbonyl (C=O) groups is 3. The van der Waals surface area contributed by atoms with Gasteiger partial charge in [-0.05, 0) is 42.2 Å². The van der Waals surface area contributed by atoms with Crippen LogP contribution in [0.3, 0.4) is 0 Å². The summed E-state index contributed by atoms with van der Waals surface area (Å²) in [4.78, 5) is 39.4. The Morgan fingerprint density at radius 3 is 2.35 bits per heavy atom. The zero-order valence-electron chi connectivity index (χ0n) is 14.4. The number of amides is 3. The number of anilines is 1. The topological polar surface area (TPSA) is 75.7 Å². The van der Waals surface area contributed by atoms with E-state index in [9.17, 15) is 14.4 Å². The molecule has 1 heterocycles. The first kappa shape index (κ1) is 15.6. The van der Waals surface area contributed by atoms with Gasteiger partial charge in [-0.3, -0.25) is 19.3 Å². The molecule has 6 nitrogen and oxygen atoms in total. The molecule has 0 unspecified atom stereocenters. The summed E-state index contributed by atoms with van der Waals surface area (Å²) in [6.45, 7) is -0.239. The number of methoxy groups -OCH3 is 1. The first-order chi connectivity index (χ1) is 12.6. The Labute approximate surface area is 151 Å². The quantitative estimate of drug-likeness (QED) is 0.661. The Bertz CT molecular complexity index is 812. The summed E-state index contributed by atoms with van der Waals surface area (Å²) < 4.78 is 5.22. The Kier molecular flexibility index (Phi) is 3.26. The molecule has 0 spiro atoms. The Morgan fingerprint density at radius 2 is 1.73 bits per heavy atom. The number of para-hydroxylation sites is 2.